The average Bonchev–Trinajstić information content (AvgIpc) is 3.14. The summed E-state index contributed by atoms with van der Waals surface area (Å²) in [5.74, 6) is 0.490. The van der Waals surface area contributed by atoms with Crippen LogP contribution in [0.4, 0.5) is 0 Å². The fraction of sp³-hybridized carbons (Fsp3) is 0.467. The van der Waals surface area contributed by atoms with Gasteiger partial charge in [0.15, 0.2) is 0 Å². The number of methoxy groups -OCH3 is 1. The highest BCUT2D eigenvalue weighted by Gasteiger charge is 2.29. The number of likely N-dealkylation sites (tertiary alicyclic amines) is 1. The Balaban J connectivity index is 1.63. The third-order valence-electron chi connectivity index (χ3n) is 3.89. The molecule has 1 aliphatic heterocycles. The van der Waals surface area contributed by atoms with E-state index in [0.29, 0.717) is 11.9 Å². The van der Waals surface area contributed by atoms with Crippen molar-refractivity contribution in [1.82, 2.24) is 24.6 Å². The molecular weight excluding hydrogens is 282 g/mol. The van der Waals surface area contributed by atoms with Crippen LogP contribution in [-0.2, 0) is 13.5 Å². The number of pyridine rings is 1. The van der Waals surface area contributed by atoms with Gasteiger partial charge in [-0.15, -0.1) is 5.10 Å². The third kappa shape index (κ3) is 2.93. The minimum absolute atomic E-state index is 0.137. The van der Waals surface area contributed by atoms with Crippen molar-refractivity contribution in [2.24, 2.45) is 13.0 Å². The summed E-state index contributed by atoms with van der Waals surface area (Å²) in [6.07, 6.45) is 3.67. The minimum Gasteiger partial charge on any atom is -0.467 e. The van der Waals surface area contributed by atoms with Crippen molar-refractivity contribution in [2.45, 2.75) is 12.8 Å². The number of amides is 1. The van der Waals surface area contributed by atoms with Crippen LogP contribution in [0.5, 0.6) is 6.01 Å². The van der Waals surface area contributed by atoms with Crippen molar-refractivity contribution < 1.29 is 9.53 Å². The maximum atomic E-state index is 12.4. The Kier molecular flexibility index (Phi) is 4.04. The highest BCUT2D eigenvalue weighted by Crippen LogP contribution is 2.21. The fourth-order valence-corrected chi connectivity index (χ4v) is 2.78. The molecule has 116 valence electrons. The Morgan fingerprint density at radius 1 is 1.45 bits per heavy atom. The summed E-state index contributed by atoms with van der Waals surface area (Å²) in [5, 5.41) is 4.11. The van der Waals surface area contributed by atoms with Crippen LogP contribution in [0.1, 0.15) is 22.7 Å². The van der Waals surface area contributed by atoms with Crippen LogP contribution in [0.15, 0.2) is 24.4 Å². The molecule has 1 fully saturated rings. The lowest BCUT2D eigenvalue weighted by molar-refractivity contribution is 0.0774. The number of hydrogen-bond acceptors (Lipinski definition) is 5. The Labute approximate surface area is 128 Å². The minimum atomic E-state index is -0.137. The average molecular weight is 301 g/mol. The van der Waals surface area contributed by atoms with Gasteiger partial charge in [0.25, 0.3) is 5.91 Å². The monoisotopic (exact) mass is 301 g/mol. The maximum absolute atomic E-state index is 12.4. The van der Waals surface area contributed by atoms with Gasteiger partial charge in [0.2, 0.25) is 5.82 Å². The predicted octanol–water partition coefficient (Wildman–Crippen LogP) is 0.923. The molecule has 2 aromatic rings. The lowest BCUT2D eigenvalue weighted by Gasteiger charge is -2.14. The van der Waals surface area contributed by atoms with Gasteiger partial charge in [-0.2, -0.15) is 4.98 Å². The molecule has 1 atom stereocenters. The van der Waals surface area contributed by atoms with Gasteiger partial charge in [-0.25, -0.2) is 4.68 Å². The van der Waals surface area contributed by atoms with E-state index in [0.717, 1.165) is 31.6 Å². The zero-order chi connectivity index (χ0) is 15.5. The summed E-state index contributed by atoms with van der Waals surface area (Å²) >= 11 is 0. The number of aromatic nitrogens is 4. The molecule has 0 radical (unpaired) electrons. The first-order valence-electron chi connectivity index (χ1n) is 7.31. The van der Waals surface area contributed by atoms with Gasteiger partial charge in [-0.3, -0.25) is 9.78 Å². The Hall–Kier alpha value is -2.44. The van der Waals surface area contributed by atoms with Crippen LogP contribution >= 0.6 is 0 Å². The van der Waals surface area contributed by atoms with Crippen LogP contribution in [-0.4, -0.2) is 50.8 Å². The molecule has 1 unspecified atom stereocenters. The predicted molar refractivity (Wildman–Crippen MR) is 79.5 cm³/mol. The molecule has 3 heterocycles. The molecule has 0 saturated carbocycles. The molecule has 2 aromatic heterocycles. The second kappa shape index (κ2) is 6.13. The molecule has 0 aromatic carbocycles. The van der Waals surface area contributed by atoms with E-state index < -0.39 is 0 Å². The summed E-state index contributed by atoms with van der Waals surface area (Å²) < 4.78 is 6.52. The van der Waals surface area contributed by atoms with E-state index in [2.05, 4.69) is 15.1 Å². The van der Waals surface area contributed by atoms with Crippen LogP contribution in [0.25, 0.3) is 0 Å². The number of ether oxygens (including phenoxy) is 1. The number of nitrogens with zero attached hydrogens (tertiary/aromatic N) is 5. The Morgan fingerprint density at radius 3 is 3.00 bits per heavy atom. The molecule has 1 amide bonds. The van der Waals surface area contributed by atoms with Crippen LogP contribution < -0.4 is 4.74 Å². The van der Waals surface area contributed by atoms with Gasteiger partial charge in [-0.1, -0.05) is 6.07 Å². The van der Waals surface area contributed by atoms with E-state index in [1.807, 2.05) is 23.1 Å². The van der Waals surface area contributed by atoms with Crippen molar-refractivity contribution in [3.63, 3.8) is 0 Å². The summed E-state index contributed by atoms with van der Waals surface area (Å²) in [5.41, 5.74) is 1.07. The molecule has 0 bridgehead atoms. The van der Waals surface area contributed by atoms with E-state index in [9.17, 15) is 4.79 Å². The first-order chi connectivity index (χ1) is 10.7. The number of carbonyl (C=O) groups is 1. The largest absolute Gasteiger partial charge is 0.467 e. The number of aryl methyl sites for hydroxylation is 1. The zero-order valence-electron chi connectivity index (χ0n) is 12.8. The molecule has 7 nitrogen and oxygen atoms in total. The van der Waals surface area contributed by atoms with E-state index in [1.54, 1.807) is 13.2 Å². The van der Waals surface area contributed by atoms with Gasteiger partial charge in [0, 0.05) is 32.0 Å². The molecule has 22 heavy (non-hydrogen) atoms. The first kappa shape index (κ1) is 14.5. The summed E-state index contributed by atoms with van der Waals surface area (Å²) in [6, 6.07) is 6.27. The zero-order valence-corrected chi connectivity index (χ0v) is 12.8. The quantitative estimate of drug-likeness (QED) is 0.839. The number of rotatable bonds is 4. The number of hydrogen-bond donors (Lipinski definition) is 0. The molecule has 0 aliphatic carbocycles. The molecule has 3 rings (SSSR count). The molecule has 7 heteroatoms. The van der Waals surface area contributed by atoms with Crippen molar-refractivity contribution in [2.75, 3.05) is 20.2 Å². The van der Waals surface area contributed by atoms with Crippen LogP contribution in [0.2, 0.25) is 0 Å². The van der Waals surface area contributed by atoms with Gasteiger partial charge in [0.05, 0.1) is 7.11 Å². The Bertz CT molecular complexity index is 655. The van der Waals surface area contributed by atoms with E-state index in [-0.39, 0.29) is 11.7 Å². The van der Waals surface area contributed by atoms with Gasteiger partial charge in [0.1, 0.15) is 0 Å². The lowest BCUT2D eigenvalue weighted by atomic mass is 10.0. The maximum Gasteiger partial charge on any atom is 0.314 e. The van der Waals surface area contributed by atoms with E-state index >= 15 is 0 Å². The molecule has 0 spiro atoms. The van der Waals surface area contributed by atoms with E-state index in [1.165, 1.54) is 11.8 Å². The van der Waals surface area contributed by atoms with Crippen molar-refractivity contribution in [3.05, 3.63) is 35.9 Å². The van der Waals surface area contributed by atoms with Gasteiger partial charge >= 0.3 is 6.01 Å². The van der Waals surface area contributed by atoms with Gasteiger partial charge < -0.3 is 9.64 Å². The SMILES string of the molecule is COc1nc(C(=O)N2CCC(Cc3ccccn3)C2)nn1C. The summed E-state index contributed by atoms with van der Waals surface area (Å²) in [6.45, 7) is 1.45. The van der Waals surface area contributed by atoms with Crippen LogP contribution in [0, 0.1) is 5.92 Å². The summed E-state index contributed by atoms with van der Waals surface area (Å²) in [7, 11) is 3.22. The molecule has 0 N–H and O–H groups in total. The standard InChI is InChI=1S/C15H19N5O2/c1-19-15(22-2)17-13(18-19)14(21)20-8-6-11(10-20)9-12-5-3-4-7-16-12/h3-5,7,11H,6,8-10H2,1-2H3. The highest BCUT2D eigenvalue weighted by molar-refractivity contribution is 5.90. The molecule has 1 saturated heterocycles. The van der Waals surface area contributed by atoms with Gasteiger partial charge in [-0.05, 0) is 30.9 Å². The fourth-order valence-electron chi connectivity index (χ4n) is 2.78. The smallest absolute Gasteiger partial charge is 0.314 e. The molecular formula is C15H19N5O2. The highest BCUT2D eigenvalue weighted by atomic mass is 16.5. The van der Waals surface area contributed by atoms with E-state index in [4.69, 9.17) is 4.74 Å². The topological polar surface area (TPSA) is 73.1 Å². The van der Waals surface area contributed by atoms with Crippen molar-refractivity contribution in [3.8, 4) is 6.01 Å². The van der Waals surface area contributed by atoms with Crippen LogP contribution in [0.3, 0.4) is 0 Å². The second-order valence-corrected chi connectivity index (χ2v) is 5.48. The summed E-state index contributed by atoms with van der Waals surface area (Å²) in [4.78, 5) is 22.7. The number of carbonyl (C=O) groups excluding carboxylic acids is 1. The Morgan fingerprint density at radius 2 is 2.32 bits per heavy atom. The first-order valence-corrected chi connectivity index (χ1v) is 7.31. The van der Waals surface area contributed by atoms with Crippen molar-refractivity contribution in [1.29, 1.82) is 0 Å². The third-order valence-corrected chi connectivity index (χ3v) is 3.89. The van der Waals surface area contributed by atoms with Crippen molar-refractivity contribution >= 4 is 5.91 Å². The lowest BCUT2D eigenvalue weighted by Crippen LogP contribution is -2.30. The normalized spacial score (nSPS) is 17.7. The second-order valence-electron chi connectivity index (χ2n) is 5.48. The molecule has 1 aliphatic rings.